The predicted octanol–water partition coefficient (Wildman–Crippen LogP) is 3.67. The van der Waals surface area contributed by atoms with E-state index in [9.17, 15) is 4.79 Å². The molecule has 0 atom stereocenters. The molecule has 1 amide bonds. The number of hydrogen-bond acceptors (Lipinski definition) is 5. The molecule has 0 aliphatic carbocycles. The predicted molar refractivity (Wildman–Crippen MR) is 92.9 cm³/mol. The molecule has 0 saturated heterocycles. The van der Waals surface area contributed by atoms with E-state index in [4.69, 9.17) is 8.94 Å². The van der Waals surface area contributed by atoms with Crippen LogP contribution in [0, 0.1) is 5.92 Å². The highest BCUT2D eigenvalue weighted by molar-refractivity contribution is 5.91. The summed E-state index contributed by atoms with van der Waals surface area (Å²) in [4.78, 5) is 18.7. The van der Waals surface area contributed by atoms with Crippen molar-refractivity contribution in [2.45, 2.75) is 20.3 Å². The molecular weight excluding hydrogens is 318 g/mol. The minimum atomic E-state index is -0.124. The fraction of sp³-hybridized carbons (Fsp3) is 0.316. The zero-order chi connectivity index (χ0) is 17.6. The van der Waals surface area contributed by atoms with E-state index in [2.05, 4.69) is 24.0 Å². The van der Waals surface area contributed by atoms with Crippen LogP contribution in [0.4, 0.5) is 0 Å². The lowest BCUT2D eigenvalue weighted by Crippen LogP contribution is -2.35. The number of benzene rings is 1. The molecule has 0 unspecified atom stereocenters. The average Bonchev–Trinajstić information content (AvgIpc) is 3.30. The van der Waals surface area contributed by atoms with Crippen molar-refractivity contribution in [1.29, 1.82) is 0 Å². The van der Waals surface area contributed by atoms with Gasteiger partial charge >= 0.3 is 0 Å². The van der Waals surface area contributed by atoms with Gasteiger partial charge in [-0.05, 0) is 18.1 Å². The lowest BCUT2D eigenvalue weighted by atomic mass is 10.2. The Labute approximate surface area is 146 Å². The molecule has 1 aromatic carbocycles. The van der Waals surface area contributed by atoms with E-state index in [-0.39, 0.29) is 5.91 Å². The quantitative estimate of drug-likeness (QED) is 0.657. The van der Waals surface area contributed by atoms with Crippen LogP contribution >= 0.6 is 0 Å². The zero-order valence-corrected chi connectivity index (χ0v) is 14.4. The van der Waals surface area contributed by atoms with E-state index in [0.29, 0.717) is 42.9 Å². The van der Waals surface area contributed by atoms with Crippen LogP contribution in [0.25, 0.3) is 11.4 Å². The van der Waals surface area contributed by atoms with Gasteiger partial charge in [0.15, 0.2) is 5.76 Å². The van der Waals surface area contributed by atoms with Crippen LogP contribution in [0.2, 0.25) is 0 Å². The highest BCUT2D eigenvalue weighted by Crippen LogP contribution is 2.16. The number of carbonyl (C=O) groups excluding carboxylic acids is 1. The first kappa shape index (κ1) is 17.0. The molecule has 0 saturated carbocycles. The van der Waals surface area contributed by atoms with E-state index in [0.717, 1.165) is 5.56 Å². The molecule has 0 aliphatic heterocycles. The first-order valence-electron chi connectivity index (χ1n) is 8.34. The van der Waals surface area contributed by atoms with Gasteiger partial charge in [0.1, 0.15) is 0 Å². The Bertz CT molecular complexity index is 794. The minimum absolute atomic E-state index is 0.124. The fourth-order valence-corrected chi connectivity index (χ4v) is 2.56. The number of aromatic nitrogens is 2. The molecule has 3 rings (SSSR count). The summed E-state index contributed by atoms with van der Waals surface area (Å²) in [6.07, 6.45) is 2.00. The highest BCUT2D eigenvalue weighted by atomic mass is 16.5. The molecule has 6 nitrogen and oxygen atoms in total. The summed E-state index contributed by atoms with van der Waals surface area (Å²) >= 11 is 0. The first-order valence-corrected chi connectivity index (χ1v) is 8.34. The number of carbonyl (C=O) groups is 1. The molecule has 25 heavy (non-hydrogen) atoms. The monoisotopic (exact) mass is 339 g/mol. The average molecular weight is 339 g/mol. The third-order valence-electron chi connectivity index (χ3n) is 3.70. The van der Waals surface area contributed by atoms with Gasteiger partial charge in [-0.25, -0.2) is 0 Å². The maximum Gasteiger partial charge on any atom is 0.289 e. The van der Waals surface area contributed by atoms with Crippen molar-refractivity contribution in [3.05, 3.63) is 60.4 Å². The summed E-state index contributed by atoms with van der Waals surface area (Å²) < 4.78 is 10.6. The summed E-state index contributed by atoms with van der Waals surface area (Å²) in [6.45, 7) is 5.28. The molecule has 3 aromatic rings. The van der Waals surface area contributed by atoms with Crippen LogP contribution in [-0.2, 0) is 6.42 Å². The Morgan fingerprint density at radius 2 is 1.96 bits per heavy atom. The molecule has 0 bridgehead atoms. The number of amides is 1. The Morgan fingerprint density at radius 3 is 2.64 bits per heavy atom. The van der Waals surface area contributed by atoms with Crippen LogP contribution in [0.5, 0.6) is 0 Å². The van der Waals surface area contributed by atoms with Crippen LogP contribution in [-0.4, -0.2) is 34.0 Å². The number of rotatable bonds is 7. The number of nitrogens with zero attached hydrogens (tertiary/aromatic N) is 3. The molecule has 0 fully saturated rings. The first-order chi connectivity index (χ1) is 12.1. The van der Waals surface area contributed by atoms with E-state index in [1.807, 2.05) is 30.3 Å². The van der Waals surface area contributed by atoms with Gasteiger partial charge in [-0.1, -0.05) is 49.3 Å². The van der Waals surface area contributed by atoms with E-state index in [1.165, 1.54) is 6.26 Å². The third kappa shape index (κ3) is 4.35. The topological polar surface area (TPSA) is 72.4 Å². The summed E-state index contributed by atoms with van der Waals surface area (Å²) in [6, 6.07) is 13.0. The van der Waals surface area contributed by atoms with Crippen molar-refractivity contribution in [3.63, 3.8) is 0 Å². The molecule has 0 radical (unpaired) electrons. The standard InChI is InChI=1S/C19H21N3O3/c1-14(2)13-22(19(23)16-9-6-12-24-16)11-10-17-20-18(21-25-17)15-7-4-3-5-8-15/h3-9,12,14H,10-11,13H2,1-2H3. The van der Waals surface area contributed by atoms with Crippen LogP contribution in [0.1, 0.15) is 30.3 Å². The van der Waals surface area contributed by atoms with E-state index < -0.39 is 0 Å². The summed E-state index contributed by atoms with van der Waals surface area (Å²) in [5, 5.41) is 4.01. The summed E-state index contributed by atoms with van der Waals surface area (Å²) in [5.41, 5.74) is 0.906. The molecule has 130 valence electrons. The van der Waals surface area contributed by atoms with Crippen LogP contribution in [0.3, 0.4) is 0 Å². The lowest BCUT2D eigenvalue weighted by molar-refractivity contribution is 0.0702. The maximum absolute atomic E-state index is 12.6. The van der Waals surface area contributed by atoms with Gasteiger partial charge in [-0.3, -0.25) is 4.79 Å². The molecule has 2 aromatic heterocycles. The minimum Gasteiger partial charge on any atom is -0.459 e. The molecular formula is C19H21N3O3. The number of hydrogen-bond donors (Lipinski definition) is 0. The van der Waals surface area contributed by atoms with Crippen molar-refractivity contribution >= 4 is 5.91 Å². The van der Waals surface area contributed by atoms with Crippen molar-refractivity contribution in [2.24, 2.45) is 5.92 Å². The van der Waals surface area contributed by atoms with Crippen molar-refractivity contribution in [2.75, 3.05) is 13.1 Å². The second kappa shape index (κ2) is 7.79. The van der Waals surface area contributed by atoms with Gasteiger partial charge in [-0.15, -0.1) is 0 Å². The van der Waals surface area contributed by atoms with Gasteiger partial charge in [0.25, 0.3) is 5.91 Å². The Hall–Kier alpha value is -2.89. The fourth-order valence-electron chi connectivity index (χ4n) is 2.56. The Morgan fingerprint density at radius 1 is 1.16 bits per heavy atom. The van der Waals surface area contributed by atoms with Gasteiger partial charge in [0.05, 0.1) is 6.26 Å². The van der Waals surface area contributed by atoms with Crippen LogP contribution < -0.4 is 0 Å². The second-order valence-corrected chi connectivity index (χ2v) is 6.25. The van der Waals surface area contributed by atoms with E-state index >= 15 is 0 Å². The van der Waals surface area contributed by atoms with E-state index in [1.54, 1.807) is 17.0 Å². The molecule has 0 spiro atoms. The smallest absolute Gasteiger partial charge is 0.289 e. The maximum atomic E-state index is 12.6. The van der Waals surface area contributed by atoms with Gasteiger partial charge < -0.3 is 13.8 Å². The van der Waals surface area contributed by atoms with Gasteiger partial charge in [0, 0.05) is 25.1 Å². The molecule has 2 heterocycles. The van der Waals surface area contributed by atoms with Gasteiger partial charge in [-0.2, -0.15) is 4.98 Å². The second-order valence-electron chi connectivity index (χ2n) is 6.25. The summed E-state index contributed by atoms with van der Waals surface area (Å²) in [7, 11) is 0. The lowest BCUT2D eigenvalue weighted by Gasteiger charge is -2.22. The summed E-state index contributed by atoms with van der Waals surface area (Å²) in [5.74, 6) is 1.64. The molecule has 6 heteroatoms. The molecule has 0 aliphatic rings. The number of furan rings is 1. The van der Waals surface area contributed by atoms with Crippen molar-refractivity contribution in [3.8, 4) is 11.4 Å². The SMILES string of the molecule is CC(C)CN(CCc1nc(-c2ccccc2)no1)C(=O)c1ccco1. The molecule has 0 N–H and O–H groups in total. The van der Waals surface area contributed by atoms with Gasteiger partial charge in [0.2, 0.25) is 11.7 Å². The normalized spacial score (nSPS) is 11.0. The third-order valence-corrected chi connectivity index (χ3v) is 3.70. The largest absolute Gasteiger partial charge is 0.459 e. The van der Waals surface area contributed by atoms with Crippen LogP contribution in [0.15, 0.2) is 57.7 Å². The van der Waals surface area contributed by atoms with Crippen molar-refractivity contribution < 1.29 is 13.7 Å². The van der Waals surface area contributed by atoms with Crippen molar-refractivity contribution in [1.82, 2.24) is 15.0 Å². The zero-order valence-electron chi connectivity index (χ0n) is 14.4. The highest BCUT2D eigenvalue weighted by Gasteiger charge is 2.20. The Balaban J connectivity index is 1.67. The Kier molecular flexibility index (Phi) is 5.28.